The molecule has 0 bridgehead atoms. The van der Waals surface area contributed by atoms with Crippen LogP contribution in [-0.4, -0.2) is 4.98 Å². The van der Waals surface area contributed by atoms with Gasteiger partial charge in [-0.3, -0.25) is 0 Å². The van der Waals surface area contributed by atoms with Gasteiger partial charge in [0.2, 0.25) is 5.89 Å². The van der Waals surface area contributed by atoms with Crippen LogP contribution in [0.5, 0.6) is 0 Å². The van der Waals surface area contributed by atoms with Crippen molar-refractivity contribution in [2.24, 2.45) is 0 Å². The first-order valence-corrected chi connectivity index (χ1v) is 17.9. The smallest absolute Gasteiger partial charge is 0.227 e. The second-order valence-corrected chi connectivity index (χ2v) is 13.9. The first kappa shape index (κ1) is 29.4. The molecule has 240 valence electrons. The van der Waals surface area contributed by atoms with Crippen LogP contribution < -0.4 is 4.90 Å². The molecule has 2 heterocycles. The molecule has 0 aliphatic carbocycles. The Morgan fingerprint density at radius 1 is 0.431 bits per heavy atom. The van der Waals surface area contributed by atoms with Gasteiger partial charge < -0.3 is 9.32 Å². The van der Waals surface area contributed by atoms with Crippen molar-refractivity contribution >= 4 is 70.4 Å². The van der Waals surface area contributed by atoms with Crippen LogP contribution >= 0.6 is 11.3 Å². The molecule has 51 heavy (non-hydrogen) atoms. The second kappa shape index (κ2) is 12.1. The Morgan fingerprint density at radius 3 is 1.90 bits per heavy atom. The average Bonchev–Trinajstić information content (AvgIpc) is 3.81. The number of para-hydroxylation sites is 1. The third-order valence-electron chi connectivity index (χ3n) is 9.70. The van der Waals surface area contributed by atoms with Crippen molar-refractivity contribution in [2.45, 2.75) is 0 Å². The Morgan fingerprint density at radius 2 is 1.08 bits per heavy atom. The minimum atomic E-state index is 0.626. The molecule has 0 aliphatic rings. The summed E-state index contributed by atoms with van der Waals surface area (Å²) in [5.41, 5.74) is 10.4. The summed E-state index contributed by atoms with van der Waals surface area (Å²) in [6, 6.07) is 64.5. The number of anilines is 3. The molecule has 2 aromatic heterocycles. The van der Waals surface area contributed by atoms with Gasteiger partial charge in [-0.1, -0.05) is 121 Å². The molecule has 4 heteroatoms. The van der Waals surface area contributed by atoms with E-state index in [9.17, 15) is 0 Å². The Labute approximate surface area is 299 Å². The highest BCUT2D eigenvalue weighted by Gasteiger charge is 2.17. The number of benzene rings is 8. The first-order valence-electron chi connectivity index (χ1n) is 17.1. The van der Waals surface area contributed by atoms with Crippen LogP contribution in [0.15, 0.2) is 186 Å². The predicted molar refractivity (Wildman–Crippen MR) is 215 cm³/mol. The monoisotopic (exact) mass is 670 g/mol. The van der Waals surface area contributed by atoms with Crippen LogP contribution in [-0.2, 0) is 0 Å². The Kier molecular flexibility index (Phi) is 7.00. The van der Waals surface area contributed by atoms with Crippen LogP contribution in [0.25, 0.3) is 75.8 Å². The number of hydrogen-bond donors (Lipinski definition) is 0. The molecule has 0 fully saturated rings. The van der Waals surface area contributed by atoms with E-state index in [1.54, 1.807) is 0 Å². The zero-order chi connectivity index (χ0) is 33.7. The summed E-state index contributed by atoms with van der Waals surface area (Å²) in [7, 11) is 0. The first-order chi connectivity index (χ1) is 25.2. The van der Waals surface area contributed by atoms with Gasteiger partial charge in [0.1, 0.15) is 5.52 Å². The number of fused-ring (bicyclic) bond motifs is 5. The zero-order valence-electron chi connectivity index (χ0n) is 27.5. The summed E-state index contributed by atoms with van der Waals surface area (Å²) < 4.78 is 9.08. The number of nitrogens with zero attached hydrogens (tertiary/aromatic N) is 2. The van der Waals surface area contributed by atoms with Crippen LogP contribution in [0, 0.1) is 0 Å². The summed E-state index contributed by atoms with van der Waals surface area (Å²) >= 11 is 1.84. The molecular weight excluding hydrogens is 641 g/mol. The van der Waals surface area contributed by atoms with Gasteiger partial charge in [-0.25, -0.2) is 4.98 Å². The highest BCUT2D eigenvalue weighted by Crippen LogP contribution is 2.42. The maximum absolute atomic E-state index is 6.50. The fourth-order valence-electron chi connectivity index (χ4n) is 7.15. The van der Waals surface area contributed by atoms with Gasteiger partial charge in [-0.2, -0.15) is 0 Å². The summed E-state index contributed by atoms with van der Waals surface area (Å²) in [5.74, 6) is 0.626. The van der Waals surface area contributed by atoms with Crippen molar-refractivity contribution in [1.82, 2.24) is 4.98 Å². The molecule has 0 atom stereocenters. The normalized spacial score (nSPS) is 11.5. The van der Waals surface area contributed by atoms with Crippen LogP contribution in [0.3, 0.4) is 0 Å². The van der Waals surface area contributed by atoms with E-state index < -0.39 is 0 Å². The van der Waals surface area contributed by atoms with E-state index >= 15 is 0 Å². The summed E-state index contributed by atoms with van der Waals surface area (Å²) in [4.78, 5) is 7.24. The molecule has 0 N–H and O–H groups in total. The minimum Gasteiger partial charge on any atom is -0.435 e. The van der Waals surface area contributed by atoms with E-state index in [4.69, 9.17) is 9.40 Å². The van der Waals surface area contributed by atoms with Gasteiger partial charge in [-0.05, 0) is 88.1 Å². The molecule has 3 nitrogen and oxygen atoms in total. The highest BCUT2D eigenvalue weighted by molar-refractivity contribution is 7.25. The van der Waals surface area contributed by atoms with Crippen LogP contribution in [0.2, 0.25) is 0 Å². The SMILES string of the molecule is c1ccc(-c2ccc(N(c3ccc(-c4cccc5nc(-c6ccc7ccccc7c6)oc45)cc3)c3ccc4c(c3)sc3ccccc34)cc2)cc1. The number of thiophene rings is 1. The van der Waals surface area contributed by atoms with Crippen molar-refractivity contribution < 1.29 is 4.42 Å². The molecule has 10 aromatic rings. The van der Waals surface area contributed by atoms with Gasteiger partial charge in [0, 0.05) is 48.4 Å². The molecule has 0 saturated carbocycles. The molecule has 10 rings (SSSR count). The van der Waals surface area contributed by atoms with Crippen LogP contribution in [0.4, 0.5) is 17.1 Å². The lowest BCUT2D eigenvalue weighted by Gasteiger charge is -2.26. The maximum atomic E-state index is 6.50. The van der Waals surface area contributed by atoms with E-state index in [0.717, 1.165) is 44.9 Å². The largest absolute Gasteiger partial charge is 0.435 e. The molecule has 0 amide bonds. The van der Waals surface area contributed by atoms with Crippen molar-refractivity contribution in [1.29, 1.82) is 0 Å². The van der Waals surface area contributed by atoms with E-state index in [2.05, 4.69) is 181 Å². The molecule has 0 unspecified atom stereocenters. The second-order valence-electron chi connectivity index (χ2n) is 12.8. The molecule has 0 spiro atoms. The molecular formula is C47H30N2OS. The fraction of sp³-hybridized carbons (Fsp3) is 0. The Bertz CT molecular complexity index is 2850. The Hall–Kier alpha value is -6.49. The topological polar surface area (TPSA) is 29.3 Å². The predicted octanol–water partition coefficient (Wildman–Crippen LogP) is 13.8. The Balaban J connectivity index is 1.05. The molecule has 0 aliphatic heterocycles. The number of aromatic nitrogens is 1. The lowest BCUT2D eigenvalue weighted by Crippen LogP contribution is -2.09. The standard InChI is InChI=1S/C47H30N2OS/c1-2-9-31(10-3-1)33-19-23-37(24-20-33)49(39-27-28-42-41-13-6-7-16-44(41)51-45(42)30-39)38-25-21-34(22-26-38)40-14-8-15-43-46(40)50-47(48-43)36-18-17-32-11-4-5-12-35(32)29-36/h1-30H. The molecule has 0 radical (unpaired) electrons. The lowest BCUT2D eigenvalue weighted by molar-refractivity contribution is 0.621. The molecule has 8 aromatic carbocycles. The van der Waals surface area contributed by atoms with Crippen molar-refractivity contribution in [3.05, 3.63) is 182 Å². The van der Waals surface area contributed by atoms with Crippen molar-refractivity contribution in [3.8, 4) is 33.7 Å². The zero-order valence-corrected chi connectivity index (χ0v) is 28.3. The minimum absolute atomic E-state index is 0.626. The summed E-state index contributed by atoms with van der Waals surface area (Å²) in [6.45, 7) is 0. The fourth-order valence-corrected chi connectivity index (χ4v) is 8.29. The number of oxazole rings is 1. The third-order valence-corrected chi connectivity index (χ3v) is 10.8. The van der Waals surface area contributed by atoms with Crippen molar-refractivity contribution in [2.75, 3.05) is 4.90 Å². The lowest BCUT2D eigenvalue weighted by atomic mass is 10.0. The summed E-state index contributed by atoms with van der Waals surface area (Å²) in [6.07, 6.45) is 0. The maximum Gasteiger partial charge on any atom is 0.227 e. The van der Waals surface area contributed by atoms with Crippen LogP contribution in [0.1, 0.15) is 0 Å². The van der Waals surface area contributed by atoms with E-state index in [1.165, 1.54) is 42.1 Å². The van der Waals surface area contributed by atoms with Gasteiger partial charge in [0.05, 0.1) is 0 Å². The van der Waals surface area contributed by atoms with Gasteiger partial charge in [-0.15, -0.1) is 11.3 Å². The quantitative estimate of drug-likeness (QED) is 0.176. The average molecular weight is 671 g/mol. The van der Waals surface area contributed by atoms with E-state index in [1.807, 2.05) is 17.4 Å². The van der Waals surface area contributed by atoms with Gasteiger partial charge in [0.15, 0.2) is 5.58 Å². The van der Waals surface area contributed by atoms with E-state index in [-0.39, 0.29) is 0 Å². The highest BCUT2D eigenvalue weighted by atomic mass is 32.1. The number of hydrogen-bond acceptors (Lipinski definition) is 4. The van der Waals surface area contributed by atoms with E-state index in [0.29, 0.717) is 5.89 Å². The number of rotatable bonds is 6. The summed E-state index contributed by atoms with van der Waals surface area (Å²) in [5, 5.41) is 4.96. The van der Waals surface area contributed by atoms with Gasteiger partial charge in [0.25, 0.3) is 0 Å². The molecule has 0 saturated heterocycles. The third kappa shape index (κ3) is 5.25. The van der Waals surface area contributed by atoms with Crippen molar-refractivity contribution in [3.63, 3.8) is 0 Å². The van der Waals surface area contributed by atoms with Gasteiger partial charge >= 0.3 is 0 Å².